The summed E-state index contributed by atoms with van der Waals surface area (Å²) in [5.74, 6) is 0.415. The molecule has 0 fully saturated rings. The number of carbonyl (C=O) groups excluding carboxylic acids is 1. The van der Waals surface area contributed by atoms with E-state index in [9.17, 15) is 13.2 Å². The Kier molecular flexibility index (Phi) is 6.53. The molecule has 30 heavy (non-hydrogen) atoms. The van der Waals surface area contributed by atoms with Gasteiger partial charge in [0.1, 0.15) is 18.1 Å². The number of carbonyl (C=O) groups is 1. The van der Waals surface area contributed by atoms with Gasteiger partial charge in [-0.25, -0.2) is 13.8 Å². The van der Waals surface area contributed by atoms with Crippen LogP contribution in [0.3, 0.4) is 0 Å². The average molecular weight is 427 g/mol. The number of aryl methyl sites for hydroxylation is 1. The Morgan fingerprint density at radius 2 is 1.83 bits per heavy atom. The molecule has 0 aliphatic carbocycles. The van der Waals surface area contributed by atoms with Crippen molar-refractivity contribution < 1.29 is 22.4 Å². The number of amides is 1. The lowest BCUT2D eigenvalue weighted by molar-refractivity contribution is -0.119. The molecule has 3 rings (SSSR count). The average Bonchev–Trinajstić information content (AvgIpc) is 3.26. The molecule has 0 radical (unpaired) electrons. The van der Waals surface area contributed by atoms with Crippen LogP contribution in [0, 0.1) is 6.92 Å². The van der Waals surface area contributed by atoms with Crippen molar-refractivity contribution in [3.63, 3.8) is 0 Å². The second kappa shape index (κ2) is 9.27. The molecule has 0 saturated carbocycles. The summed E-state index contributed by atoms with van der Waals surface area (Å²) >= 11 is 0. The van der Waals surface area contributed by atoms with Gasteiger partial charge in [-0.15, -0.1) is 0 Å². The van der Waals surface area contributed by atoms with E-state index in [0.29, 0.717) is 17.2 Å². The molecule has 1 N–H and O–H groups in total. The summed E-state index contributed by atoms with van der Waals surface area (Å²) in [5.41, 5.74) is 3.56. The molecule has 0 atom stereocenters. The zero-order valence-corrected chi connectivity index (χ0v) is 17.3. The zero-order chi connectivity index (χ0) is 21.6. The van der Waals surface area contributed by atoms with Crippen molar-refractivity contribution in [1.82, 2.24) is 5.43 Å². The van der Waals surface area contributed by atoms with Gasteiger partial charge in [0.15, 0.2) is 0 Å². The Balaban J connectivity index is 1.86. The Hall–Kier alpha value is -3.59. The van der Waals surface area contributed by atoms with Crippen LogP contribution in [0.25, 0.3) is 0 Å². The lowest BCUT2D eigenvalue weighted by Gasteiger charge is -2.24. The molecule has 0 spiro atoms. The number of benzene rings is 2. The second-order valence-corrected chi connectivity index (χ2v) is 8.19. The summed E-state index contributed by atoms with van der Waals surface area (Å²) < 4.78 is 37.8. The van der Waals surface area contributed by atoms with Crippen molar-refractivity contribution in [1.29, 1.82) is 0 Å². The number of rotatable bonds is 8. The zero-order valence-electron chi connectivity index (χ0n) is 16.5. The molecule has 0 bridgehead atoms. The number of hydrogen-bond donors (Lipinski definition) is 1. The minimum atomic E-state index is -3.99. The number of methoxy groups -OCH3 is 1. The largest absolute Gasteiger partial charge is 0.497 e. The molecule has 0 aliphatic heterocycles. The van der Waals surface area contributed by atoms with Crippen LogP contribution in [0.15, 0.2) is 81.3 Å². The van der Waals surface area contributed by atoms with E-state index in [2.05, 4.69) is 10.5 Å². The maximum absolute atomic E-state index is 13.3. The third-order valence-corrected chi connectivity index (χ3v) is 5.97. The number of sulfonamides is 1. The molecule has 1 amide bonds. The van der Waals surface area contributed by atoms with Crippen LogP contribution in [-0.2, 0) is 14.8 Å². The fourth-order valence-corrected chi connectivity index (χ4v) is 4.02. The van der Waals surface area contributed by atoms with Crippen LogP contribution in [-0.4, -0.2) is 34.2 Å². The highest BCUT2D eigenvalue weighted by Crippen LogP contribution is 2.25. The lowest BCUT2D eigenvalue weighted by atomic mass is 10.2. The summed E-state index contributed by atoms with van der Waals surface area (Å²) in [5, 5.41) is 3.79. The summed E-state index contributed by atoms with van der Waals surface area (Å²) in [6.45, 7) is 1.40. The molecule has 0 saturated heterocycles. The predicted octanol–water partition coefficient (Wildman–Crippen LogP) is 2.94. The monoisotopic (exact) mass is 427 g/mol. The number of anilines is 1. The van der Waals surface area contributed by atoms with E-state index in [1.54, 1.807) is 48.5 Å². The van der Waals surface area contributed by atoms with Crippen molar-refractivity contribution in [3.05, 3.63) is 78.3 Å². The van der Waals surface area contributed by atoms with Crippen molar-refractivity contribution in [2.75, 3.05) is 18.0 Å². The number of hydrazone groups is 1. The van der Waals surface area contributed by atoms with Crippen molar-refractivity contribution >= 4 is 27.8 Å². The van der Waals surface area contributed by atoms with Crippen molar-refractivity contribution in [2.45, 2.75) is 11.8 Å². The van der Waals surface area contributed by atoms with Crippen LogP contribution < -0.4 is 14.5 Å². The van der Waals surface area contributed by atoms with Gasteiger partial charge in [-0.3, -0.25) is 9.10 Å². The Labute approximate surface area is 174 Å². The van der Waals surface area contributed by atoms with Gasteiger partial charge in [-0.1, -0.05) is 17.7 Å². The molecular formula is C21H21N3O5S. The quantitative estimate of drug-likeness (QED) is 0.440. The Morgan fingerprint density at radius 1 is 1.13 bits per heavy atom. The van der Waals surface area contributed by atoms with E-state index in [1.807, 2.05) is 6.92 Å². The number of nitrogens with one attached hydrogen (secondary N) is 1. The van der Waals surface area contributed by atoms with Gasteiger partial charge in [-0.05, 0) is 55.5 Å². The minimum Gasteiger partial charge on any atom is -0.497 e. The maximum Gasteiger partial charge on any atom is 0.264 e. The third-order valence-electron chi connectivity index (χ3n) is 4.18. The molecule has 9 heteroatoms. The highest BCUT2D eigenvalue weighted by Gasteiger charge is 2.27. The first-order valence-electron chi connectivity index (χ1n) is 8.99. The number of ether oxygens (including phenoxy) is 1. The van der Waals surface area contributed by atoms with Crippen LogP contribution in [0.5, 0.6) is 5.75 Å². The van der Waals surface area contributed by atoms with E-state index < -0.39 is 22.5 Å². The van der Waals surface area contributed by atoms with Gasteiger partial charge in [0.05, 0.1) is 30.2 Å². The van der Waals surface area contributed by atoms with E-state index in [1.165, 1.54) is 31.7 Å². The molecule has 0 unspecified atom stereocenters. The number of furan rings is 1. The van der Waals surface area contributed by atoms with Crippen molar-refractivity contribution in [3.8, 4) is 5.75 Å². The molecule has 0 aliphatic rings. The first-order valence-corrected chi connectivity index (χ1v) is 10.4. The van der Waals surface area contributed by atoms with E-state index >= 15 is 0 Å². The lowest BCUT2D eigenvalue weighted by Crippen LogP contribution is -2.39. The van der Waals surface area contributed by atoms with Crippen LogP contribution in [0.1, 0.15) is 11.3 Å². The number of hydrogen-bond acceptors (Lipinski definition) is 6. The first kappa shape index (κ1) is 21.1. The maximum atomic E-state index is 13.3. The van der Waals surface area contributed by atoms with Gasteiger partial charge >= 0.3 is 0 Å². The van der Waals surface area contributed by atoms with E-state index in [0.717, 1.165) is 9.87 Å². The molecular weight excluding hydrogens is 406 g/mol. The smallest absolute Gasteiger partial charge is 0.264 e. The molecule has 1 heterocycles. The van der Waals surface area contributed by atoms with Gasteiger partial charge in [0.2, 0.25) is 0 Å². The highest BCUT2D eigenvalue weighted by atomic mass is 32.2. The summed E-state index contributed by atoms with van der Waals surface area (Å²) in [6, 6.07) is 16.2. The molecule has 1 aromatic heterocycles. The van der Waals surface area contributed by atoms with E-state index in [4.69, 9.17) is 9.15 Å². The SMILES string of the molecule is COc1ccc(N(CC(=O)N/N=C\c2ccco2)S(=O)(=O)c2ccc(C)cc2)cc1. The van der Waals surface area contributed by atoms with Crippen molar-refractivity contribution in [2.24, 2.45) is 5.10 Å². The minimum absolute atomic E-state index is 0.0794. The fraction of sp³-hybridized carbons (Fsp3) is 0.143. The fourth-order valence-electron chi connectivity index (χ4n) is 2.60. The van der Waals surface area contributed by atoms with Gasteiger partial charge in [0, 0.05) is 0 Å². The normalized spacial score (nSPS) is 11.4. The summed E-state index contributed by atoms with van der Waals surface area (Å²) in [6.07, 6.45) is 2.80. The van der Waals surface area contributed by atoms with Gasteiger partial charge < -0.3 is 9.15 Å². The van der Waals surface area contributed by atoms with E-state index in [-0.39, 0.29) is 4.90 Å². The van der Waals surface area contributed by atoms with Gasteiger partial charge in [0.25, 0.3) is 15.9 Å². The molecule has 8 nitrogen and oxygen atoms in total. The van der Waals surface area contributed by atoms with Crippen LogP contribution >= 0.6 is 0 Å². The third kappa shape index (κ3) is 5.06. The van der Waals surface area contributed by atoms with Crippen LogP contribution in [0.2, 0.25) is 0 Å². The topological polar surface area (TPSA) is 101 Å². The first-order chi connectivity index (χ1) is 14.4. The summed E-state index contributed by atoms with van der Waals surface area (Å²) in [4.78, 5) is 12.5. The highest BCUT2D eigenvalue weighted by molar-refractivity contribution is 7.92. The summed E-state index contributed by atoms with van der Waals surface area (Å²) in [7, 11) is -2.48. The second-order valence-electron chi connectivity index (χ2n) is 6.33. The molecule has 156 valence electrons. The van der Waals surface area contributed by atoms with Crippen LogP contribution in [0.4, 0.5) is 5.69 Å². The Morgan fingerprint density at radius 3 is 2.43 bits per heavy atom. The Bertz CT molecular complexity index is 1110. The number of nitrogens with zero attached hydrogens (tertiary/aromatic N) is 2. The predicted molar refractivity (Wildman–Crippen MR) is 113 cm³/mol. The molecule has 2 aromatic carbocycles. The standard InChI is InChI=1S/C21H21N3O5S/c1-16-5-11-20(12-6-16)30(26,27)24(17-7-9-18(28-2)10-8-17)15-21(25)23-22-14-19-4-3-13-29-19/h3-14H,15H2,1-2H3,(H,23,25)/b22-14-. The van der Waals surface area contributed by atoms with Gasteiger partial charge in [-0.2, -0.15) is 5.10 Å². The molecule has 3 aromatic rings.